The third kappa shape index (κ3) is 3.11. The Bertz CT molecular complexity index is 891. The molecule has 2 heterocycles. The number of carboxylic acids is 1. The van der Waals surface area contributed by atoms with Gasteiger partial charge in [0.15, 0.2) is 5.69 Å². The summed E-state index contributed by atoms with van der Waals surface area (Å²) in [5.74, 6) is -1.74. The molecule has 1 N–H and O–H groups in total. The summed E-state index contributed by atoms with van der Waals surface area (Å²) in [5, 5.41) is 13.9. The van der Waals surface area contributed by atoms with Crippen LogP contribution >= 0.6 is 0 Å². The van der Waals surface area contributed by atoms with Crippen LogP contribution in [0.4, 0.5) is 4.39 Å². The quantitative estimate of drug-likeness (QED) is 0.900. The second-order valence-corrected chi connectivity index (χ2v) is 7.48. The molecule has 0 saturated carbocycles. The minimum absolute atomic E-state index is 0.0903. The SMILES string of the molecule is CC1CN(C(=O)c2nn(-c3ccc(F)cc3)c3c2CCC3)CCC1C(=O)O. The van der Waals surface area contributed by atoms with E-state index in [2.05, 4.69) is 5.10 Å². The van der Waals surface area contributed by atoms with Crippen molar-refractivity contribution in [2.75, 3.05) is 13.1 Å². The van der Waals surface area contributed by atoms with Crippen LogP contribution in [0, 0.1) is 17.7 Å². The van der Waals surface area contributed by atoms with Crippen molar-refractivity contribution in [3.63, 3.8) is 0 Å². The minimum Gasteiger partial charge on any atom is -0.481 e. The summed E-state index contributed by atoms with van der Waals surface area (Å²) in [4.78, 5) is 26.1. The van der Waals surface area contributed by atoms with E-state index in [9.17, 15) is 19.1 Å². The number of halogens is 1. The van der Waals surface area contributed by atoms with Crippen LogP contribution in [0.15, 0.2) is 24.3 Å². The molecule has 2 aromatic rings. The van der Waals surface area contributed by atoms with Gasteiger partial charge in [0.1, 0.15) is 5.82 Å². The predicted octanol–water partition coefficient (Wildman–Crippen LogP) is 2.68. The maximum atomic E-state index is 13.2. The molecule has 0 spiro atoms. The predicted molar refractivity (Wildman–Crippen MR) is 96.4 cm³/mol. The number of hydrogen-bond acceptors (Lipinski definition) is 3. The molecule has 4 rings (SSSR count). The van der Waals surface area contributed by atoms with Crippen molar-refractivity contribution in [2.45, 2.75) is 32.6 Å². The minimum atomic E-state index is -0.795. The van der Waals surface area contributed by atoms with E-state index in [1.807, 2.05) is 6.92 Å². The lowest BCUT2D eigenvalue weighted by molar-refractivity contribution is -0.145. The van der Waals surface area contributed by atoms with E-state index in [1.165, 1.54) is 12.1 Å². The van der Waals surface area contributed by atoms with Crippen LogP contribution < -0.4 is 0 Å². The molecular formula is C20H22FN3O3. The zero-order valence-corrected chi connectivity index (χ0v) is 15.2. The highest BCUT2D eigenvalue weighted by Crippen LogP contribution is 2.30. The first-order valence-corrected chi connectivity index (χ1v) is 9.34. The van der Waals surface area contributed by atoms with E-state index in [0.29, 0.717) is 25.2 Å². The molecule has 1 amide bonds. The van der Waals surface area contributed by atoms with Crippen LogP contribution in [0.2, 0.25) is 0 Å². The molecule has 27 heavy (non-hydrogen) atoms. The number of carbonyl (C=O) groups excluding carboxylic acids is 1. The molecule has 0 radical (unpaired) electrons. The zero-order chi connectivity index (χ0) is 19.1. The lowest BCUT2D eigenvalue weighted by Gasteiger charge is -2.34. The molecule has 142 valence electrons. The topological polar surface area (TPSA) is 75.4 Å². The van der Waals surface area contributed by atoms with Gasteiger partial charge in [-0.1, -0.05) is 6.92 Å². The maximum absolute atomic E-state index is 13.2. The van der Waals surface area contributed by atoms with E-state index in [1.54, 1.807) is 21.7 Å². The summed E-state index contributed by atoms with van der Waals surface area (Å²) in [6, 6.07) is 6.10. The van der Waals surface area contributed by atoms with Gasteiger partial charge in [0.2, 0.25) is 0 Å². The Hall–Kier alpha value is -2.70. The zero-order valence-electron chi connectivity index (χ0n) is 15.2. The summed E-state index contributed by atoms with van der Waals surface area (Å²) in [6.07, 6.45) is 3.07. The second-order valence-electron chi connectivity index (χ2n) is 7.48. The molecule has 6 nitrogen and oxygen atoms in total. The van der Waals surface area contributed by atoms with Crippen molar-refractivity contribution in [3.8, 4) is 5.69 Å². The lowest BCUT2D eigenvalue weighted by Crippen LogP contribution is -2.45. The van der Waals surface area contributed by atoms with Crippen LogP contribution in [0.1, 0.15) is 41.5 Å². The van der Waals surface area contributed by atoms with Gasteiger partial charge in [0, 0.05) is 24.3 Å². The first kappa shape index (κ1) is 17.7. The Morgan fingerprint density at radius 1 is 1.22 bits per heavy atom. The van der Waals surface area contributed by atoms with Gasteiger partial charge in [-0.2, -0.15) is 5.10 Å². The summed E-state index contributed by atoms with van der Waals surface area (Å²) >= 11 is 0. The highest BCUT2D eigenvalue weighted by molar-refractivity contribution is 5.94. The van der Waals surface area contributed by atoms with Crippen molar-refractivity contribution in [1.82, 2.24) is 14.7 Å². The van der Waals surface area contributed by atoms with Gasteiger partial charge in [0.25, 0.3) is 5.91 Å². The van der Waals surface area contributed by atoms with Crippen molar-refractivity contribution in [1.29, 1.82) is 0 Å². The molecule has 1 fully saturated rings. The number of amides is 1. The van der Waals surface area contributed by atoms with E-state index < -0.39 is 11.9 Å². The fourth-order valence-electron chi connectivity index (χ4n) is 4.25. The van der Waals surface area contributed by atoms with E-state index >= 15 is 0 Å². The molecule has 2 unspecified atom stereocenters. The van der Waals surface area contributed by atoms with Gasteiger partial charge in [-0.05, 0) is 55.9 Å². The number of benzene rings is 1. The fourth-order valence-corrected chi connectivity index (χ4v) is 4.25. The van der Waals surface area contributed by atoms with Crippen molar-refractivity contribution < 1.29 is 19.1 Å². The fraction of sp³-hybridized carbons (Fsp3) is 0.450. The molecule has 2 atom stereocenters. The van der Waals surface area contributed by atoms with Gasteiger partial charge < -0.3 is 10.0 Å². The first-order valence-electron chi connectivity index (χ1n) is 9.34. The number of likely N-dealkylation sites (tertiary alicyclic amines) is 1. The van der Waals surface area contributed by atoms with Crippen molar-refractivity contribution >= 4 is 11.9 Å². The van der Waals surface area contributed by atoms with Gasteiger partial charge in [-0.25, -0.2) is 9.07 Å². The number of aromatic nitrogens is 2. The van der Waals surface area contributed by atoms with Crippen molar-refractivity contribution in [3.05, 3.63) is 47.0 Å². The molecule has 1 aromatic heterocycles. The first-order chi connectivity index (χ1) is 13.0. The number of rotatable bonds is 3. The normalized spacial score (nSPS) is 21.9. The average molecular weight is 371 g/mol. The molecular weight excluding hydrogens is 349 g/mol. The Morgan fingerprint density at radius 3 is 2.63 bits per heavy atom. The molecule has 1 aliphatic heterocycles. The maximum Gasteiger partial charge on any atom is 0.306 e. The van der Waals surface area contributed by atoms with E-state index in [-0.39, 0.29) is 17.6 Å². The Morgan fingerprint density at radius 2 is 1.96 bits per heavy atom. The number of piperidine rings is 1. The third-order valence-electron chi connectivity index (χ3n) is 5.71. The van der Waals surface area contributed by atoms with Crippen LogP contribution in [0.5, 0.6) is 0 Å². The second kappa shape index (κ2) is 6.79. The molecule has 0 bridgehead atoms. The number of nitrogens with zero attached hydrogens (tertiary/aromatic N) is 3. The highest BCUT2D eigenvalue weighted by Gasteiger charge is 2.36. The van der Waals surface area contributed by atoms with Crippen LogP contribution in [-0.4, -0.2) is 44.8 Å². The number of carbonyl (C=O) groups is 2. The Labute approximate surface area is 156 Å². The molecule has 1 saturated heterocycles. The molecule has 2 aliphatic rings. The van der Waals surface area contributed by atoms with Gasteiger partial charge in [-0.15, -0.1) is 0 Å². The standard InChI is InChI=1S/C20H22FN3O3/c1-12-11-23(10-9-15(12)20(26)27)19(25)18-16-3-2-4-17(16)24(22-18)14-7-5-13(21)6-8-14/h5-8,12,15H,2-4,9-11H2,1H3,(H,26,27). The smallest absolute Gasteiger partial charge is 0.306 e. The van der Waals surface area contributed by atoms with E-state index in [0.717, 1.165) is 36.2 Å². The van der Waals surface area contributed by atoms with Crippen LogP contribution in [0.25, 0.3) is 5.69 Å². The molecule has 1 aromatic carbocycles. The summed E-state index contributed by atoms with van der Waals surface area (Å²) in [6.45, 7) is 2.73. The summed E-state index contributed by atoms with van der Waals surface area (Å²) in [5.41, 5.74) is 3.18. The Kier molecular flexibility index (Phi) is 4.45. The average Bonchev–Trinajstić information content (AvgIpc) is 3.24. The number of fused-ring (bicyclic) bond motifs is 1. The highest BCUT2D eigenvalue weighted by atomic mass is 19.1. The lowest BCUT2D eigenvalue weighted by atomic mass is 9.87. The largest absolute Gasteiger partial charge is 0.481 e. The number of carboxylic acid groups (broad SMARTS) is 1. The molecule has 1 aliphatic carbocycles. The number of hydrogen-bond donors (Lipinski definition) is 1. The van der Waals surface area contributed by atoms with Gasteiger partial charge in [-0.3, -0.25) is 9.59 Å². The molecule has 7 heteroatoms. The third-order valence-corrected chi connectivity index (χ3v) is 5.71. The Balaban J connectivity index is 1.63. The monoisotopic (exact) mass is 371 g/mol. The van der Waals surface area contributed by atoms with Gasteiger partial charge in [0.05, 0.1) is 11.6 Å². The van der Waals surface area contributed by atoms with E-state index in [4.69, 9.17) is 0 Å². The van der Waals surface area contributed by atoms with Crippen LogP contribution in [0.3, 0.4) is 0 Å². The van der Waals surface area contributed by atoms with Gasteiger partial charge >= 0.3 is 5.97 Å². The van der Waals surface area contributed by atoms with Crippen molar-refractivity contribution in [2.24, 2.45) is 11.8 Å². The summed E-state index contributed by atoms with van der Waals surface area (Å²) < 4.78 is 15.0. The van der Waals surface area contributed by atoms with Crippen LogP contribution in [-0.2, 0) is 17.6 Å². The summed E-state index contributed by atoms with van der Waals surface area (Å²) in [7, 11) is 0. The number of aliphatic carboxylic acids is 1.